The van der Waals surface area contributed by atoms with Crippen LogP contribution in [0.25, 0.3) is 0 Å². The molecular formula is C17H24N4O2S. The van der Waals surface area contributed by atoms with Crippen molar-refractivity contribution in [2.75, 3.05) is 18.8 Å². The molecule has 1 N–H and O–H groups in total. The van der Waals surface area contributed by atoms with E-state index in [4.69, 9.17) is 0 Å². The van der Waals surface area contributed by atoms with E-state index in [-0.39, 0.29) is 23.6 Å². The first-order chi connectivity index (χ1) is 11.7. The van der Waals surface area contributed by atoms with Crippen LogP contribution in [0.5, 0.6) is 0 Å². The van der Waals surface area contributed by atoms with Gasteiger partial charge in [0.05, 0.1) is 11.8 Å². The monoisotopic (exact) mass is 348 g/mol. The topological polar surface area (TPSA) is 75.2 Å². The molecule has 0 radical (unpaired) electrons. The smallest absolute Gasteiger partial charge is 0.230 e. The molecule has 1 aliphatic heterocycles. The van der Waals surface area contributed by atoms with Gasteiger partial charge in [-0.3, -0.25) is 9.59 Å². The average Bonchev–Trinajstić information content (AvgIpc) is 2.94. The van der Waals surface area contributed by atoms with Gasteiger partial charge in [0.15, 0.2) is 5.16 Å². The summed E-state index contributed by atoms with van der Waals surface area (Å²) >= 11 is 1.31. The van der Waals surface area contributed by atoms with Gasteiger partial charge in [0.1, 0.15) is 0 Å². The SMILES string of the molecule is O=C(CSc1ncccn1)NC1CC(=O)N(CC2CCCCC2)C1. The van der Waals surface area contributed by atoms with Crippen molar-refractivity contribution in [2.45, 2.75) is 49.7 Å². The molecule has 1 aromatic rings. The summed E-state index contributed by atoms with van der Waals surface area (Å²) in [4.78, 5) is 34.3. The Morgan fingerprint density at radius 3 is 2.75 bits per heavy atom. The number of nitrogens with one attached hydrogen (secondary N) is 1. The highest BCUT2D eigenvalue weighted by Crippen LogP contribution is 2.26. The van der Waals surface area contributed by atoms with Crippen LogP contribution in [0.3, 0.4) is 0 Å². The molecule has 1 unspecified atom stereocenters. The zero-order valence-electron chi connectivity index (χ0n) is 13.8. The zero-order chi connectivity index (χ0) is 16.8. The Hall–Kier alpha value is -1.63. The maximum absolute atomic E-state index is 12.2. The van der Waals surface area contributed by atoms with Crippen molar-refractivity contribution in [1.29, 1.82) is 0 Å². The lowest BCUT2D eigenvalue weighted by atomic mass is 9.89. The third-order valence-corrected chi connectivity index (χ3v) is 5.53. The summed E-state index contributed by atoms with van der Waals surface area (Å²) in [6, 6.07) is 1.68. The van der Waals surface area contributed by atoms with E-state index in [1.165, 1.54) is 43.9 Å². The van der Waals surface area contributed by atoms with Crippen molar-refractivity contribution in [3.63, 3.8) is 0 Å². The van der Waals surface area contributed by atoms with Crippen LogP contribution < -0.4 is 5.32 Å². The van der Waals surface area contributed by atoms with Gasteiger partial charge < -0.3 is 10.2 Å². The van der Waals surface area contributed by atoms with Crippen LogP contribution in [0.1, 0.15) is 38.5 Å². The van der Waals surface area contributed by atoms with E-state index in [9.17, 15) is 9.59 Å². The summed E-state index contributed by atoms with van der Waals surface area (Å²) in [5.41, 5.74) is 0. The Bertz CT molecular complexity index is 563. The van der Waals surface area contributed by atoms with Crippen LogP contribution in [0.2, 0.25) is 0 Å². The molecule has 6 nitrogen and oxygen atoms in total. The van der Waals surface area contributed by atoms with E-state index in [1.54, 1.807) is 18.5 Å². The van der Waals surface area contributed by atoms with Crippen LogP contribution in [0.4, 0.5) is 0 Å². The van der Waals surface area contributed by atoms with Crippen LogP contribution in [-0.2, 0) is 9.59 Å². The number of likely N-dealkylation sites (tertiary alicyclic amines) is 1. The maximum Gasteiger partial charge on any atom is 0.230 e. The Kier molecular flexibility index (Phi) is 6.07. The van der Waals surface area contributed by atoms with E-state index in [0.29, 0.717) is 24.0 Å². The molecule has 24 heavy (non-hydrogen) atoms. The van der Waals surface area contributed by atoms with Crippen LogP contribution in [0.15, 0.2) is 23.6 Å². The predicted octanol–water partition coefficient (Wildman–Crippen LogP) is 1.87. The number of carbonyl (C=O) groups is 2. The van der Waals surface area contributed by atoms with Crippen molar-refractivity contribution in [2.24, 2.45) is 5.92 Å². The van der Waals surface area contributed by atoms with Crippen molar-refractivity contribution >= 4 is 23.6 Å². The second-order valence-corrected chi connectivity index (χ2v) is 7.53. The fourth-order valence-corrected chi connectivity index (χ4v) is 4.10. The van der Waals surface area contributed by atoms with Gasteiger partial charge in [-0.15, -0.1) is 0 Å². The number of amides is 2. The highest BCUT2D eigenvalue weighted by molar-refractivity contribution is 7.99. The van der Waals surface area contributed by atoms with Gasteiger partial charge in [-0.2, -0.15) is 0 Å². The summed E-state index contributed by atoms with van der Waals surface area (Å²) in [5, 5.41) is 3.56. The van der Waals surface area contributed by atoms with E-state index in [2.05, 4.69) is 15.3 Å². The Labute approximate surface area is 146 Å². The first-order valence-corrected chi connectivity index (χ1v) is 9.66. The zero-order valence-corrected chi connectivity index (χ0v) is 14.6. The van der Waals surface area contributed by atoms with E-state index in [0.717, 1.165) is 6.54 Å². The molecule has 1 aliphatic carbocycles. The maximum atomic E-state index is 12.2. The molecule has 2 heterocycles. The minimum atomic E-state index is -0.0650. The third kappa shape index (κ3) is 4.93. The molecule has 130 valence electrons. The van der Waals surface area contributed by atoms with E-state index < -0.39 is 0 Å². The number of nitrogens with zero attached hydrogens (tertiary/aromatic N) is 3. The van der Waals surface area contributed by atoms with Crippen molar-refractivity contribution in [3.8, 4) is 0 Å². The quantitative estimate of drug-likeness (QED) is 0.627. The summed E-state index contributed by atoms with van der Waals surface area (Å²) in [7, 11) is 0. The predicted molar refractivity (Wildman–Crippen MR) is 92.5 cm³/mol. The van der Waals surface area contributed by atoms with Gasteiger partial charge in [0.25, 0.3) is 0 Å². The van der Waals surface area contributed by atoms with Crippen molar-refractivity contribution < 1.29 is 9.59 Å². The number of thioether (sulfide) groups is 1. The lowest BCUT2D eigenvalue weighted by Gasteiger charge is -2.27. The average molecular weight is 348 g/mol. The number of hydrogen-bond acceptors (Lipinski definition) is 5. The van der Waals surface area contributed by atoms with Gasteiger partial charge >= 0.3 is 0 Å². The lowest BCUT2D eigenvalue weighted by molar-refractivity contribution is -0.128. The first kappa shape index (κ1) is 17.2. The Morgan fingerprint density at radius 2 is 2.00 bits per heavy atom. The van der Waals surface area contributed by atoms with Crippen molar-refractivity contribution in [1.82, 2.24) is 20.2 Å². The molecule has 0 aromatic carbocycles. The number of aromatic nitrogens is 2. The standard InChI is InChI=1S/C17H24N4O2S/c22-15(12-24-17-18-7-4-8-19-17)20-14-9-16(23)21(11-14)10-13-5-2-1-3-6-13/h4,7-8,13-14H,1-3,5-6,9-12H2,(H,20,22). The van der Waals surface area contributed by atoms with Crippen molar-refractivity contribution in [3.05, 3.63) is 18.5 Å². The van der Waals surface area contributed by atoms with Gasteiger partial charge in [-0.25, -0.2) is 9.97 Å². The van der Waals surface area contributed by atoms with Crippen LogP contribution >= 0.6 is 11.8 Å². The number of rotatable bonds is 6. The highest BCUT2D eigenvalue weighted by Gasteiger charge is 2.32. The van der Waals surface area contributed by atoms with Gasteiger partial charge in [-0.1, -0.05) is 31.0 Å². The molecule has 1 saturated heterocycles. The van der Waals surface area contributed by atoms with Gasteiger partial charge in [0.2, 0.25) is 11.8 Å². The summed E-state index contributed by atoms with van der Waals surface area (Å²) in [6.07, 6.45) is 10.1. The molecule has 2 aliphatic rings. The molecule has 1 atom stereocenters. The summed E-state index contributed by atoms with van der Waals surface area (Å²) in [5.74, 6) is 1.02. The summed E-state index contributed by atoms with van der Waals surface area (Å²) in [6.45, 7) is 1.51. The van der Waals surface area contributed by atoms with Gasteiger partial charge in [0, 0.05) is 31.9 Å². The molecule has 3 rings (SSSR count). The normalized spacial score (nSPS) is 21.9. The Morgan fingerprint density at radius 1 is 1.25 bits per heavy atom. The molecule has 1 aromatic heterocycles. The fraction of sp³-hybridized carbons (Fsp3) is 0.647. The minimum absolute atomic E-state index is 0.0640. The fourth-order valence-electron chi connectivity index (χ4n) is 3.49. The minimum Gasteiger partial charge on any atom is -0.350 e. The molecule has 1 saturated carbocycles. The summed E-state index contributed by atoms with van der Waals surface area (Å²) < 4.78 is 0. The van der Waals surface area contributed by atoms with E-state index >= 15 is 0 Å². The largest absolute Gasteiger partial charge is 0.350 e. The molecule has 2 fully saturated rings. The Balaban J connectivity index is 1.41. The molecule has 2 amide bonds. The second-order valence-electron chi connectivity index (χ2n) is 6.59. The highest BCUT2D eigenvalue weighted by atomic mass is 32.2. The number of hydrogen-bond donors (Lipinski definition) is 1. The first-order valence-electron chi connectivity index (χ1n) is 8.67. The molecule has 0 bridgehead atoms. The lowest BCUT2D eigenvalue weighted by Crippen LogP contribution is -2.39. The van der Waals surface area contributed by atoms with Gasteiger partial charge in [-0.05, 0) is 24.8 Å². The molecular weight excluding hydrogens is 324 g/mol. The second kappa shape index (κ2) is 8.46. The molecule has 7 heteroatoms. The molecule has 0 spiro atoms. The number of carbonyl (C=O) groups excluding carboxylic acids is 2. The van der Waals surface area contributed by atoms with E-state index in [1.807, 2.05) is 4.90 Å². The third-order valence-electron chi connectivity index (χ3n) is 4.66. The van der Waals surface area contributed by atoms with Crippen LogP contribution in [0, 0.1) is 5.92 Å². The van der Waals surface area contributed by atoms with Crippen LogP contribution in [-0.4, -0.2) is 51.6 Å².